The summed E-state index contributed by atoms with van der Waals surface area (Å²) in [6.07, 6.45) is 0.931. The van der Waals surface area contributed by atoms with Crippen molar-refractivity contribution in [1.29, 1.82) is 0 Å². The third kappa shape index (κ3) is 3.15. The first-order chi connectivity index (χ1) is 9.05. The molecule has 0 spiro atoms. The van der Waals surface area contributed by atoms with Crippen LogP contribution in [0.3, 0.4) is 0 Å². The van der Waals surface area contributed by atoms with Crippen LogP contribution in [-0.2, 0) is 9.59 Å². The first-order valence-corrected chi connectivity index (χ1v) is 5.87. The van der Waals surface area contributed by atoms with Crippen LogP contribution in [0.25, 0.3) is 0 Å². The smallest absolute Gasteiger partial charge is 0.329 e. The van der Waals surface area contributed by atoms with Crippen molar-refractivity contribution < 1.29 is 24.2 Å². The Hall–Kier alpha value is -2.24. The van der Waals surface area contributed by atoms with E-state index >= 15 is 0 Å². The summed E-state index contributed by atoms with van der Waals surface area (Å²) in [7, 11) is 1.54. The largest absolute Gasteiger partial charge is 0.497 e. The molecule has 1 saturated carbocycles. The van der Waals surface area contributed by atoms with E-state index in [4.69, 9.17) is 14.6 Å². The summed E-state index contributed by atoms with van der Waals surface area (Å²) in [4.78, 5) is 22.5. The van der Waals surface area contributed by atoms with Gasteiger partial charge in [-0.2, -0.15) is 0 Å². The molecule has 0 radical (unpaired) electrons. The molecular formula is C13H15NO5. The monoisotopic (exact) mass is 265 g/mol. The van der Waals surface area contributed by atoms with Crippen molar-refractivity contribution in [3.8, 4) is 11.5 Å². The number of hydrogen-bond donors (Lipinski definition) is 2. The van der Waals surface area contributed by atoms with Gasteiger partial charge in [0.1, 0.15) is 17.0 Å². The van der Waals surface area contributed by atoms with Gasteiger partial charge >= 0.3 is 5.97 Å². The fourth-order valence-electron chi connectivity index (χ4n) is 1.66. The fraction of sp³-hybridized carbons (Fsp3) is 0.385. The Balaban J connectivity index is 1.85. The topological polar surface area (TPSA) is 84.9 Å². The van der Waals surface area contributed by atoms with E-state index in [-0.39, 0.29) is 6.61 Å². The molecule has 1 fully saturated rings. The lowest BCUT2D eigenvalue weighted by atomic mass is 10.3. The zero-order valence-electron chi connectivity index (χ0n) is 10.5. The first-order valence-electron chi connectivity index (χ1n) is 5.87. The van der Waals surface area contributed by atoms with Crippen molar-refractivity contribution >= 4 is 11.9 Å². The number of carboxylic acids is 1. The molecule has 6 heteroatoms. The number of carboxylic acid groups (broad SMARTS) is 1. The SMILES string of the molecule is COc1cccc(OCC(=O)NC2(C(=O)O)CC2)c1. The Morgan fingerprint density at radius 1 is 1.37 bits per heavy atom. The molecule has 1 aromatic rings. The molecule has 2 rings (SSSR count). The van der Waals surface area contributed by atoms with E-state index in [0.717, 1.165) is 0 Å². The maximum absolute atomic E-state index is 11.6. The standard InChI is InChI=1S/C13H15NO5/c1-18-9-3-2-4-10(7-9)19-8-11(15)14-13(5-6-13)12(16)17/h2-4,7H,5-6,8H2,1H3,(H,14,15)(H,16,17). The number of amides is 1. The minimum Gasteiger partial charge on any atom is -0.497 e. The lowest BCUT2D eigenvalue weighted by molar-refractivity contribution is -0.143. The van der Waals surface area contributed by atoms with Crippen molar-refractivity contribution in [3.63, 3.8) is 0 Å². The number of methoxy groups -OCH3 is 1. The maximum Gasteiger partial charge on any atom is 0.329 e. The molecule has 1 aliphatic carbocycles. The van der Waals surface area contributed by atoms with Gasteiger partial charge in [0.05, 0.1) is 7.11 Å². The summed E-state index contributed by atoms with van der Waals surface area (Å²) in [5.41, 5.74) is -1.07. The van der Waals surface area contributed by atoms with Crippen LogP contribution in [0.1, 0.15) is 12.8 Å². The number of benzene rings is 1. The summed E-state index contributed by atoms with van der Waals surface area (Å²) in [6.45, 7) is -0.220. The Morgan fingerprint density at radius 2 is 2.05 bits per heavy atom. The molecule has 0 saturated heterocycles. The van der Waals surface area contributed by atoms with Gasteiger partial charge in [-0.1, -0.05) is 6.07 Å². The summed E-state index contributed by atoms with van der Waals surface area (Å²) in [5, 5.41) is 11.4. The lowest BCUT2D eigenvalue weighted by Gasteiger charge is -2.13. The number of rotatable bonds is 6. The average molecular weight is 265 g/mol. The van der Waals surface area contributed by atoms with Crippen LogP contribution in [0.15, 0.2) is 24.3 Å². The van der Waals surface area contributed by atoms with Gasteiger partial charge in [-0.25, -0.2) is 4.79 Å². The van der Waals surface area contributed by atoms with Crippen molar-refractivity contribution in [2.24, 2.45) is 0 Å². The van der Waals surface area contributed by atoms with E-state index in [1.54, 1.807) is 24.3 Å². The minimum absolute atomic E-state index is 0.220. The summed E-state index contributed by atoms with van der Waals surface area (Å²) >= 11 is 0. The number of nitrogens with one attached hydrogen (secondary N) is 1. The number of carbonyl (C=O) groups excluding carboxylic acids is 1. The summed E-state index contributed by atoms with van der Waals surface area (Å²) in [6, 6.07) is 6.85. The van der Waals surface area contributed by atoms with Crippen LogP contribution in [-0.4, -0.2) is 36.2 Å². The van der Waals surface area contributed by atoms with E-state index < -0.39 is 17.4 Å². The van der Waals surface area contributed by atoms with Gasteiger partial charge in [0.2, 0.25) is 0 Å². The van der Waals surface area contributed by atoms with E-state index in [1.807, 2.05) is 0 Å². The Kier molecular flexibility index (Phi) is 3.59. The molecular weight excluding hydrogens is 250 g/mol. The second kappa shape index (κ2) is 5.17. The zero-order chi connectivity index (χ0) is 13.9. The van der Waals surface area contributed by atoms with Gasteiger partial charge < -0.3 is 19.9 Å². The molecule has 19 heavy (non-hydrogen) atoms. The molecule has 0 unspecified atom stereocenters. The molecule has 1 amide bonds. The van der Waals surface area contributed by atoms with Crippen LogP contribution in [0.5, 0.6) is 11.5 Å². The second-order valence-electron chi connectivity index (χ2n) is 4.40. The van der Waals surface area contributed by atoms with Gasteiger partial charge in [0.25, 0.3) is 5.91 Å². The highest BCUT2D eigenvalue weighted by Crippen LogP contribution is 2.35. The Labute approximate surface area is 110 Å². The van der Waals surface area contributed by atoms with Crippen molar-refractivity contribution in [2.75, 3.05) is 13.7 Å². The highest BCUT2D eigenvalue weighted by Gasteiger charge is 2.51. The van der Waals surface area contributed by atoms with Gasteiger partial charge in [-0.05, 0) is 25.0 Å². The molecule has 0 aliphatic heterocycles. The Bertz CT molecular complexity index is 496. The molecule has 1 aromatic carbocycles. The van der Waals surface area contributed by atoms with Crippen molar-refractivity contribution in [1.82, 2.24) is 5.32 Å². The van der Waals surface area contributed by atoms with Crippen LogP contribution in [0, 0.1) is 0 Å². The molecule has 0 heterocycles. The highest BCUT2D eigenvalue weighted by molar-refractivity contribution is 5.90. The summed E-state index contributed by atoms with van der Waals surface area (Å²) < 4.78 is 10.3. The molecule has 0 aromatic heterocycles. The van der Waals surface area contributed by atoms with Gasteiger partial charge in [-0.15, -0.1) is 0 Å². The summed E-state index contributed by atoms with van der Waals surface area (Å²) in [5.74, 6) is -0.318. The lowest BCUT2D eigenvalue weighted by Crippen LogP contribution is -2.45. The second-order valence-corrected chi connectivity index (χ2v) is 4.40. The number of ether oxygens (including phenoxy) is 2. The molecule has 2 N–H and O–H groups in total. The predicted molar refractivity (Wildman–Crippen MR) is 66.2 cm³/mol. The van der Waals surface area contributed by atoms with Crippen molar-refractivity contribution in [3.05, 3.63) is 24.3 Å². The van der Waals surface area contributed by atoms with E-state index in [2.05, 4.69) is 5.32 Å². The highest BCUT2D eigenvalue weighted by atomic mass is 16.5. The normalized spacial score (nSPS) is 15.4. The van der Waals surface area contributed by atoms with Gasteiger partial charge in [-0.3, -0.25) is 4.79 Å². The predicted octanol–water partition coefficient (Wildman–Crippen LogP) is 0.807. The zero-order valence-corrected chi connectivity index (χ0v) is 10.5. The van der Waals surface area contributed by atoms with Crippen LogP contribution < -0.4 is 14.8 Å². The average Bonchev–Trinajstić information content (AvgIpc) is 3.17. The number of hydrogen-bond acceptors (Lipinski definition) is 4. The van der Waals surface area contributed by atoms with E-state index in [9.17, 15) is 9.59 Å². The van der Waals surface area contributed by atoms with Gasteiger partial charge in [0, 0.05) is 6.07 Å². The van der Waals surface area contributed by atoms with E-state index in [1.165, 1.54) is 7.11 Å². The molecule has 6 nitrogen and oxygen atoms in total. The fourth-order valence-corrected chi connectivity index (χ4v) is 1.66. The molecule has 0 atom stereocenters. The van der Waals surface area contributed by atoms with Crippen LogP contribution in [0.4, 0.5) is 0 Å². The number of aliphatic carboxylic acids is 1. The third-order valence-corrected chi connectivity index (χ3v) is 2.95. The number of carbonyl (C=O) groups is 2. The van der Waals surface area contributed by atoms with Crippen LogP contribution in [0.2, 0.25) is 0 Å². The molecule has 102 valence electrons. The van der Waals surface area contributed by atoms with Crippen molar-refractivity contribution in [2.45, 2.75) is 18.4 Å². The van der Waals surface area contributed by atoms with E-state index in [0.29, 0.717) is 24.3 Å². The maximum atomic E-state index is 11.6. The molecule has 1 aliphatic rings. The molecule has 0 bridgehead atoms. The third-order valence-electron chi connectivity index (χ3n) is 2.95. The first kappa shape index (κ1) is 13.2. The van der Waals surface area contributed by atoms with Gasteiger partial charge in [0.15, 0.2) is 6.61 Å². The quantitative estimate of drug-likeness (QED) is 0.795. The van der Waals surface area contributed by atoms with Crippen LogP contribution >= 0.6 is 0 Å². The Morgan fingerprint density at radius 3 is 2.63 bits per heavy atom. The minimum atomic E-state index is -1.07.